The minimum absolute atomic E-state index is 0.0285. The standard InChI is InChI=1S/C12H23NO3/c1-12(2)10-13(8-9-16-12)7-5-3-4-6-11(14)15/h3-10H2,1-2H3,(H,14,15). The van der Waals surface area contributed by atoms with Gasteiger partial charge in [0.1, 0.15) is 0 Å². The summed E-state index contributed by atoms with van der Waals surface area (Å²) in [5, 5.41) is 8.50. The lowest BCUT2D eigenvalue weighted by Gasteiger charge is -2.38. The van der Waals surface area contributed by atoms with Crippen LogP contribution in [0, 0.1) is 0 Å². The van der Waals surface area contributed by atoms with E-state index in [4.69, 9.17) is 9.84 Å². The van der Waals surface area contributed by atoms with Crippen LogP contribution in [-0.4, -0.2) is 47.8 Å². The summed E-state index contributed by atoms with van der Waals surface area (Å²) in [6.45, 7) is 8.08. The highest BCUT2D eigenvalue weighted by atomic mass is 16.5. The summed E-state index contributed by atoms with van der Waals surface area (Å²) in [4.78, 5) is 12.7. The molecule has 1 N–H and O–H groups in total. The van der Waals surface area contributed by atoms with Gasteiger partial charge in [-0.05, 0) is 33.2 Å². The minimum atomic E-state index is -0.687. The molecule has 1 heterocycles. The number of carboxylic acids is 1. The van der Waals surface area contributed by atoms with Crippen molar-refractivity contribution in [3.8, 4) is 0 Å². The minimum Gasteiger partial charge on any atom is -0.481 e. The third kappa shape index (κ3) is 5.47. The smallest absolute Gasteiger partial charge is 0.303 e. The van der Waals surface area contributed by atoms with Crippen molar-refractivity contribution in [2.24, 2.45) is 0 Å². The van der Waals surface area contributed by atoms with Gasteiger partial charge in [-0.25, -0.2) is 0 Å². The van der Waals surface area contributed by atoms with Gasteiger partial charge >= 0.3 is 5.97 Å². The second-order valence-electron chi connectivity index (χ2n) is 5.09. The van der Waals surface area contributed by atoms with Crippen LogP contribution in [0.3, 0.4) is 0 Å². The lowest BCUT2D eigenvalue weighted by molar-refractivity contribution is -0.137. The molecule has 0 unspecified atom stereocenters. The molecule has 1 rings (SSSR count). The topological polar surface area (TPSA) is 49.8 Å². The SMILES string of the molecule is CC1(C)CN(CCCCCC(=O)O)CCO1. The van der Waals surface area contributed by atoms with E-state index >= 15 is 0 Å². The molecular formula is C12H23NO3. The molecule has 0 atom stereocenters. The first-order valence-corrected chi connectivity index (χ1v) is 6.08. The molecule has 16 heavy (non-hydrogen) atoms. The second kappa shape index (κ2) is 6.21. The molecule has 1 saturated heterocycles. The molecule has 0 aliphatic carbocycles. The first-order chi connectivity index (χ1) is 7.49. The summed E-state index contributed by atoms with van der Waals surface area (Å²) in [5.74, 6) is -0.687. The Morgan fingerprint density at radius 3 is 2.75 bits per heavy atom. The van der Waals surface area contributed by atoms with Gasteiger partial charge in [0.05, 0.1) is 12.2 Å². The fourth-order valence-electron chi connectivity index (χ4n) is 2.09. The molecule has 0 aromatic heterocycles. The molecule has 0 aromatic carbocycles. The number of ether oxygens (including phenoxy) is 1. The largest absolute Gasteiger partial charge is 0.481 e. The fraction of sp³-hybridized carbons (Fsp3) is 0.917. The van der Waals surface area contributed by atoms with Crippen molar-refractivity contribution >= 4 is 5.97 Å². The van der Waals surface area contributed by atoms with Crippen LogP contribution in [-0.2, 0) is 9.53 Å². The van der Waals surface area contributed by atoms with Crippen LogP contribution >= 0.6 is 0 Å². The monoisotopic (exact) mass is 229 g/mol. The van der Waals surface area contributed by atoms with Gasteiger partial charge in [0, 0.05) is 19.5 Å². The van der Waals surface area contributed by atoms with E-state index < -0.39 is 5.97 Å². The molecule has 0 spiro atoms. The van der Waals surface area contributed by atoms with Crippen LogP contribution in [0.5, 0.6) is 0 Å². The van der Waals surface area contributed by atoms with E-state index in [9.17, 15) is 4.79 Å². The number of hydrogen-bond donors (Lipinski definition) is 1. The zero-order valence-electron chi connectivity index (χ0n) is 10.4. The third-order valence-corrected chi connectivity index (χ3v) is 2.87. The molecule has 94 valence electrons. The van der Waals surface area contributed by atoms with E-state index in [0.29, 0.717) is 6.42 Å². The van der Waals surface area contributed by atoms with E-state index in [-0.39, 0.29) is 5.60 Å². The number of nitrogens with zero attached hydrogens (tertiary/aromatic N) is 1. The third-order valence-electron chi connectivity index (χ3n) is 2.87. The number of carbonyl (C=O) groups is 1. The Morgan fingerprint density at radius 2 is 2.12 bits per heavy atom. The van der Waals surface area contributed by atoms with Crippen molar-refractivity contribution in [1.29, 1.82) is 0 Å². The molecule has 1 aliphatic heterocycles. The van der Waals surface area contributed by atoms with Crippen molar-refractivity contribution in [3.63, 3.8) is 0 Å². The van der Waals surface area contributed by atoms with Gasteiger partial charge in [-0.2, -0.15) is 0 Å². The Kier molecular flexibility index (Phi) is 5.22. The van der Waals surface area contributed by atoms with E-state index in [1.165, 1.54) is 0 Å². The van der Waals surface area contributed by atoms with Crippen LogP contribution in [0.4, 0.5) is 0 Å². The number of rotatable bonds is 6. The Morgan fingerprint density at radius 1 is 1.38 bits per heavy atom. The van der Waals surface area contributed by atoms with Gasteiger partial charge in [-0.3, -0.25) is 9.69 Å². The van der Waals surface area contributed by atoms with E-state index in [2.05, 4.69) is 18.7 Å². The summed E-state index contributed by atoms with van der Waals surface area (Å²) in [6.07, 6.45) is 3.19. The number of carboxylic acid groups (broad SMARTS) is 1. The molecule has 0 aromatic rings. The maximum Gasteiger partial charge on any atom is 0.303 e. The van der Waals surface area contributed by atoms with Crippen LogP contribution < -0.4 is 0 Å². The predicted molar refractivity (Wildman–Crippen MR) is 62.6 cm³/mol. The van der Waals surface area contributed by atoms with Crippen molar-refractivity contribution < 1.29 is 14.6 Å². The molecule has 0 saturated carbocycles. The lowest BCUT2D eigenvalue weighted by Crippen LogP contribution is -2.48. The Hall–Kier alpha value is -0.610. The summed E-state index contributed by atoms with van der Waals surface area (Å²) in [5.41, 5.74) is -0.0285. The van der Waals surface area contributed by atoms with Gasteiger partial charge in [-0.1, -0.05) is 6.42 Å². The van der Waals surface area contributed by atoms with Crippen molar-refractivity contribution in [3.05, 3.63) is 0 Å². The highest BCUT2D eigenvalue weighted by Gasteiger charge is 2.26. The van der Waals surface area contributed by atoms with E-state index in [0.717, 1.165) is 45.5 Å². The van der Waals surface area contributed by atoms with Crippen LogP contribution in [0.1, 0.15) is 39.5 Å². The van der Waals surface area contributed by atoms with Crippen LogP contribution in [0.15, 0.2) is 0 Å². The highest BCUT2D eigenvalue weighted by molar-refractivity contribution is 5.66. The maximum absolute atomic E-state index is 10.3. The van der Waals surface area contributed by atoms with Crippen molar-refractivity contribution in [2.75, 3.05) is 26.2 Å². The first kappa shape index (κ1) is 13.5. The van der Waals surface area contributed by atoms with Gasteiger partial charge in [-0.15, -0.1) is 0 Å². The number of morpholine rings is 1. The summed E-state index contributed by atoms with van der Waals surface area (Å²) >= 11 is 0. The number of hydrogen-bond acceptors (Lipinski definition) is 3. The molecule has 4 nitrogen and oxygen atoms in total. The van der Waals surface area contributed by atoms with Gasteiger partial charge < -0.3 is 9.84 Å². The summed E-state index contributed by atoms with van der Waals surface area (Å²) < 4.78 is 5.64. The van der Waals surface area contributed by atoms with E-state index in [1.807, 2.05) is 0 Å². The molecule has 0 radical (unpaired) electrons. The van der Waals surface area contributed by atoms with E-state index in [1.54, 1.807) is 0 Å². The molecule has 4 heteroatoms. The lowest BCUT2D eigenvalue weighted by atomic mass is 10.1. The molecule has 0 amide bonds. The quantitative estimate of drug-likeness (QED) is 0.705. The van der Waals surface area contributed by atoms with Gasteiger partial charge in [0.15, 0.2) is 0 Å². The van der Waals surface area contributed by atoms with Crippen molar-refractivity contribution in [2.45, 2.75) is 45.1 Å². The zero-order valence-corrected chi connectivity index (χ0v) is 10.4. The van der Waals surface area contributed by atoms with Gasteiger partial charge in [0.25, 0.3) is 0 Å². The molecule has 1 fully saturated rings. The molecule has 1 aliphatic rings. The first-order valence-electron chi connectivity index (χ1n) is 6.08. The Balaban J connectivity index is 2.06. The normalized spacial score (nSPS) is 20.9. The van der Waals surface area contributed by atoms with Crippen LogP contribution in [0.2, 0.25) is 0 Å². The highest BCUT2D eigenvalue weighted by Crippen LogP contribution is 2.16. The molecule has 0 bridgehead atoms. The summed E-state index contributed by atoms with van der Waals surface area (Å²) in [6, 6.07) is 0. The zero-order chi connectivity index (χ0) is 12.0. The number of unbranched alkanes of at least 4 members (excludes halogenated alkanes) is 2. The van der Waals surface area contributed by atoms with Crippen molar-refractivity contribution in [1.82, 2.24) is 4.90 Å². The van der Waals surface area contributed by atoms with Gasteiger partial charge in [0.2, 0.25) is 0 Å². The maximum atomic E-state index is 10.3. The number of aliphatic carboxylic acids is 1. The van der Waals surface area contributed by atoms with Crippen LogP contribution in [0.25, 0.3) is 0 Å². The summed E-state index contributed by atoms with van der Waals surface area (Å²) in [7, 11) is 0. The Labute approximate surface area is 97.6 Å². The fourth-order valence-corrected chi connectivity index (χ4v) is 2.09. The molecular weight excluding hydrogens is 206 g/mol. The Bertz CT molecular complexity index is 228. The second-order valence-corrected chi connectivity index (χ2v) is 5.09. The average molecular weight is 229 g/mol. The average Bonchev–Trinajstić information content (AvgIpc) is 2.15. The predicted octanol–water partition coefficient (Wildman–Crippen LogP) is 1.74.